The van der Waals surface area contributed by atoms with E-state index in [1.165, 1.54) is 0 Å². The Morgan fingerprint density at radius 2 is 2.17 bits per heavy atom. The van der Waals surface area contributed by atoms with Crippen LogP contribution in [0.5, 0.6) is 5.75 Å². The summed E-state index contributed by atoms with van der Waals surface area (Å²) < 4.78 is 19.7. The third kappa shape index (κ3) is 2.57. The zero-order valence-corrected chi connectivity index (χ0v) is 12.9. The molecular formula is C17H17FN2O3. The molecule has 0 saturated heterocycles. The van der Waals surface area contributed by atoms with Gasteiger partial charge in [0.25, 0.3) is 0 Å². The van der Waals surface area contributed by atoms with Gasteiger partial charge in [0.15, 0.2) is 11.6 Å². The van der Waals surface area contributed by atoms with Gasteiger partial charge in [-0.2, -0.15) is 5.26 Å². The Bertz CT molecular complexity index is 749. The third-order valence-corrected chi connectivity index (χ3v) is 4.32. The van der Waals surface area contributed by atoms with Crippen molar-refractivity contribution in [3.63, 3.8) is 0 Å². The zero-order valence-electron chi connectivity index (χ0n) is 12.9. The number of ketones is 1. The molecule has 23 heavy (non-hydrogen) atoms. The number of ether oxygens (including phenoxy) is 1. The van der Waals surface area contributed by atoms with E-state index in [9.17, 15) is 14.3 Å². The van der Waals surface area contributed by atoms with E-state index in [1.54, 1.807) is 32.0 Å². The second-order valence-electron chi connectivity index (χ2n) is 6.35. The van der Waals surface area contributed by atoms with E-state index in [-0.39, 0.29) is 18.5 Å². The minimum Gasteiger partial charge on any atom is -0.485 e. The average Bonchev–Trinajstić information content (AvgIpc) is 2.83. The number of aliphatic hydroxyl groups excluding tert-OH is 1. The van der Waals surface area contributed by atoms with Crippen LogP contribution in [0.4, 0.5) is 4.39 Å². The van der Waals surface area contributed by atoms with E-state index >= 15 is 0 Å². The lowest BCUT2D eigenvalue weighted by molar-refractivity contribution is -0.116. The van der Waals surface area contributed by atoms with E-state index < -0.39 is 29.4 Å². The topological polar surface area (TPSA) is 82.3 Å². The molecule has 0 saturated carbocycles. The zero-order chi connectivity index (χ0) is 16.8. The number of nitrogens with zero attached hydrogens (tertiary/aromatic N) is 1. The van der Waals surface area contributed by atoms with Gasteiger partial charge in [-0.25, -0.2) is 4.39 Å². The van der Waals surface area contributed by atoms with Crippen LogP contribution in [0.2, 0.25) is 0 Å². The first kappa shape index (κ1) is 15.5. The summed E-state index contributed by atoms with van der Waals surface area (Å²) in [4.78, 5) is 11.4. The number of allylic oxidation sites excluding steroid dienone is 2. The first-order chi connectivity index (χ1) is 10.8. The van der Waals surface area contributed by atoms with Gasteiger partial charge < -0.3 is 15.2 Å². The van der Waals surface area contributed by atoms with Crippen LogP contribution in [-0.2, 0) is 4.79 Å². The van der Waals surface area contributed by atoms with Crippen LogP contribution in [0.1, 0.15) is 43.9 Å². The maximum absolute atomic E-state index is 13.9. The van der Waals surface area contributed by atoms with Gasteiger partial charge in [0.2, 0.25) is 0 Å². The fraction of sp³-hybridized carbons (Fsp3) is 0.412. The smallest absolute Gasteiger partial charge is 0.193 e. The molecular weight excluding hydrogens is 299 g/mol. The summed E-state index contributed by atoms with van der Waals surface area (Å²) >= 11 is 0. The molecule has 0 spiro atoms. The highest BCUT2D eigenvalue weighted by Gasteiger charge is 2.44. The summed E-state index contributed by atoms with van der Waals surface area (Å²) in [6, 6.07) is 6.29. The number of Topliss-reactive ketones (excluding diaryl/α,β-unsaturated/α-hetero) is 1. The number of rotatable bonds is 2. The fourth-order valence-electron chi connectivity index (χ4n) is 2.98. The highest BCUT2D eigenvalue weighted by molar-refractivity contribution is 5.96. The molecule has 120 valence electrons. The van der Waals surface area contributed by atoms with E-state index in [2.05, 4.69) is 5.32 Å². The van der Waals surface area contributed by atoms with Crippen molar-refractivity contribution >= 4 is 5.78 Å². The monoisotopic (exact) mass is 316 g/mol. The standard InChI is InChI=1S/C17H17FN2O3/c1-17(2)16(22)15(20-11-4-5-12(21)14(11)18)10-7-9(8-19)3-6-13(10)23-17/h3,6-7,15-16,20,22H,4-5H2,1-2H3. The van der Waals surface area contributed by atoms with Gasteiger partial charge in [0.05, 0.1) is 23.4 Å². The predicted octanol–water partition coefficient (Wildman–Crippen LogP) is 2.26. The van der Waals surface area contributed by atoms with Gasteiger partial charge in [-0.05, 0) is 38.5 Å². The summed E-state index contributed by atoms with van der Waals surface area (Å²) in [5, 5.41) is 22.6. The van der Waals surface area contributed by atoms with Gasteiger partial charge in [0, 0.05) is 12.0 Å². The van der Waals surface area contributed by atoms with Crippen LogP contribution in [0.15, 0.2) is 29.7 Å². The quantitative estimate of drug-likeness (QED) is 0.874. The number of carbonyl (C=O) groups excluding carboxylic acids is 1. The predicted molar refractivity (Wildman–Crippen MR) is 80.1 cm³/mol. The SMILES string of the molecule is CC1(C)Oc2ccc(C#N)cc2C(NC2=C(F)C(=O)CC2)C1O. The maximum atomic E-state index is 13.9. The lowest BCUT2D eigenvalue weighted by Gasteiger charge is -2.42. The number of carbonyl (C=O) groups is 1. The van der Waals surface area contributed by atoms with Crippen LogP contribution in [0.3, 0.4) is 0 Å². The highest BCUT2D eigenvalue weighted by Crippen LogP contribution is 2.41. The number of halogens is 1. The molecule has 5 nitrogen and oxygen atoms in total. The maximum Gasteiger partial charge on any atom is 0.193 e. The molecule has 2 N–H and O–H groups in total. The van der Waals surface area contributed by atoms with E-state index in [0.717, 1.165) is 0 Å². The summed E-state index contributed by atoms with van der Waals surface area (Å²) in [5.74, 6) is -0.777. The molecule has 2 unspecified atom stereocenters. The van der Waals surface area contributed by atoms with Crippen molar-refractivity contribution in [2.24, 2.45) is 0 Å². The Balaban J connectivity index is 2.04. The summed E-state index contributed by atoms with van der Waals surface area (Å²) in [5.41, 5.74) is 0.307. The lowest BCUT2D eigenvalue weighted by Crippen LogP contribution is -2.52. The molecule has 1 aromatic carbocycles. The number of hydrogen-bond acceptors (Lipinski definition) is 5. The van der Waals surface area contributed by atoms with Crippen molar-refractivity contribution in [2.45, 2.75) is 44.4 Å². The van der Waals surface area contributed by atoms with Gasteiger partial charge in [-0.3, -0.25) is 4.79 Å². The summed E-state index contributed by atoms with van der Waals surface area (Å²) in [6.45, 7) is 3.47. The number of nitrogens with one attached hydrogen (secondary N) is 1. The molecule has 0 amide bonds. The molecule has 0 fully saturated rings. The minimum atomic E-state index is -0.972. The Kier molecular flexibility index (Phi) is 3.61. The van der Waals surface area contributed by atoms with Gasteiger partial charge in [-0.1, -0.05) is 0 Å². The number of nitriles is 1. The summed E-state index contributed by atoms with van der Waals surface area (Å²) in [7, 11) is 0. The number of benzene rings is 1. The molecule has 1 aromatic rings. The fourth-order valence-corrected chi connectivity index (χ4v) is 2.98. The van der Waals surface area contributed by atoms with Crippen LogP contribution in [0.25, 0.3) is 0 Å². The molecule has 3 rings (SSSR count). The van der Waals surface area contributed by atoms with Gasteiger partial charge in [-0.15, -0.1) is 0 Å². The molecule has 6 heteroatoms. The molecule has 1 heterocycles. The van der Waals surface area contributed by atoms with Crippen molar-refractivity contribution in [1.82, 2.24) is 5.32 Å². The molecule has 0 radical (unpaired) electrons. The van der Waals surface area contributed by atoms with Crippen LogP contribution < -0.4 is 10.1 Å². The average molecular weight is 316 g/mol. The van der Waals surface area contributed by atoms with E-state index in [4.69, 9.17) is 10.00 Å². The third-order valence-electron chi connectivity index (χ3n) is 4.32. The van der Waals surface area contributed by atoms with Gasteiger partial charge in [0.1, 0.15) is 17.5 Å². The Morgan fingerprint density at radius 1 is 1.43 bits per heavy atom. The van der Waals surface area contributed by atoms with Crippen molar-refractivity contribution in [3.05, 3.63) is 40.8 Å². The number of fused-ring (bicyclic) bond motifs is 1. The molecule has 1 aliphatic heterocycles. The van der Waals surface area contributed by atoms with Crippen LogP contribution in [0, 0.1) is 11.3 Å². The van der Waals surface area contributed by atoms with E-state index in [0.29, 0.717) is 16.9 Å². The van der Waals surface area contributed by atoms with Crippen molar-refractivity contribution < 1.29 is 19.0 Å². The summed E-state index contributed by atoms with van der Waals surface area (Å²) in [6.07, 6.45) is -0.565. The first-order valence-electron chi connectivity index (χ1n) is 7.43. The molecule has 2 atom stereocenters. The highest BCUT2D eigenvalue weighted by atomic mass is 19.1. The number of hydrogen-bond donors (Lipinski definition) is 2. The molecule has 1 aliphatic carbocycles. The second-order valence-corrected chi connectivity index (χ2v) is 6.35. The first-order valence-corrected chi connectivity index (χ1v) is 7.43. The largest absolute Gasteiger partial charge is 0.485 e. The molecule has 0 bridgehead atoms. The number of aliphatic hydroxyl groups is 1. The van der Waals surface area contributed by atoms with Crippen molar-refractivity contribution in [2.75, 3.05) is 0 Å². The van der Waals surface area contributed by atoms with Crippen LogP contribution in [-0.4, -0.2) is 22.6 Å². The molecule has 0 aromatic heterocycles. The minimum absolute atomic E-state index is 0.127. The Hall–Kier alpha value is -2.39. The molecule has 2 aliphatic rings. The van der Waals surface area contributed by atoms with Crippen LogP contribution >= 0.6 is 0 Å². The lowest BCUT2D eigenvalue weighted by atomic mass is 9.85. The normalized spacial score (nSPS) is 25.6. The van der Waals surface area contributed by atoms with Crippen molar-refractivity contribution in [3.8, 4) is 11.8 Å². The second kappa shape index (κ2) is 5.36. The van der Waals surface area contributed by atoms with Gasteiger partial charge >= 0.3 is 0 Å². The van der Waals surface area contributed by atoms with E-state index in [1.807, 2.05) is 6.07 Å². The van der Waals surface area contributed by atoms with Crippen molar-refractivity contribution in [1.29, 1.82) is 5.26 Å². The Morgan fingerprint density at radius 3 is 2.78 bits per heavy atom. The Labute approximate surface area is 133 Å².